The molecule has 1 aromatic heterocycles. The van der Waals surface area contributed by atoms with E-state index >= 15 is 0 Å². The molecule has 0 aliphatic carbocycles. The molecule has 25 heavy (non-hydrogen) atoms. The molecule has 2 rings (SSSR count). The monoisotopic (exact) mass is 352 g/mol. The largest absolute Gasteiger partial charge is 0.385 e. The number of likely N-dealkylation sites (tertiary alicyclic amines) is 1. The van der Waals surface area contributed by atoms with Gasteiger partial charge in [0.2, 0.25) is 0 Å². The minimum Gasteiger partial charge on any atom is -0.385 e. The van der Waals surface area contributed by atoms with Crippen molar-refractivity contribution in [3.8, 4) is 0 Å². The fourth-order valence-electron chi connectivity index (χ4n) is 2.86. The molecule has 1 aliphatic heterocycles. The number of hydrogen-bond donors (Lipinski definition) is 1. The highest BCUT2D eigenvalue weighted by molar-refractivity contribution is 5.80. The number of guanidine groups is 1. The molecule has 1 atom stereocenters. The van der Waals surface area contributed by atoms with Crippen molar-refractivity contribution >= 4 is 5.96 Å². The number of ether oxygens (including phenoxy) is 2. The number of aliphatic imine (C=N–C) groups is 1. The number of nitrogens with zero attached hydrogens (tertiary/aromatic N) is 5. The van der Waals surface area contributed by atoms with E-state index in [1.165, 1.54) is 0 Å². The summed E-state index contributed by atoms with van der Waals surface area (Å²) < 4.78 is 12.7. The zero-order valence-corrected chi connectivity index (χ0v) is 16.0. The van der Waals surface area contributed by atoms with Crippen molar-refractivity contribution in [3.05, 3.63) is 11.6 Å². The van der Waals surface area contributed by atoms with Crippen LogP contribution in [0.3, 0.4) is 0 Å². The van der Waals surface area contributed by atoms with E-state index in [-0.39, 0.29) is 0 Å². The predicted octanol–water partition coefficient (Wildman–Crippen LogP) is 0.964. The summed E-state index contributed by atoms with van der Waals surface area (Å²) in [5.74, 6) is 3.29. The molecule has 8 nitrogen and oxygen atoms in total. The molecule has 0 aromatic carbocycles. The van der Waals surface area contributed by atoms with Crippen molar-refractivity contribution in [2.75, 3.05) is 46.6 Å². The molecule has 0 radical (unpaired) electrons. The van der Waals surface area contributed by atoms with Gasteiger partial charge in [0.25, 0.3) is 0 Å². The number of rotatable bonds is 9. The molecule has 0 saturated carbocycles. The Kier molecular flexibility index (Phi) is 8.14. The summed E-state index contributed by atoms with van der Waals surface area (Å²) >= 11 is 0. The Labute approximate surface area is 150 Å². The van der Waals surface area contributed by atoms with Crippen LogP contribution >= 0.6 is 0 Å². The average molecular weight is 352 g/mol. The Balaban J connectivity index is 1.97. The Morgan fingerprint density at radius 3 is 2.92 bits per heavy atom. The van der Waals surface area contributed by atoms with Crippen molar-refractivity contribution in [2.24, 2.45) is 18.0 Å². The van der Waals surface area contributed by atoms with Gasteiger partial charge in [0.15, 0.2) is 11.8 Å². The quantitative estimate of drug-likeness (QED) is 0.405. The number of aryl methyl sites for hydroxylation is 1. The van der Waals surface area contributed by atoms with Gasteiger partial charge >= 0.3 is 0 Å². The highest BCUT2D eigenvalue weighted by Gasteiger charge is 2.25. The Hall–Kier alpha value is -1.67. The van der Waals surface area contributed by atoms with Gasteiger partial charge in [-0.25, -0.2) is 4.99 Å². The molecule has 0 bridgehead atoms. The molecule has 1 aromatic rings. The number of nitrogens with one attached hydrogen (secondary N) is 1. The fourth-order valence-corrected chi connectivity index (χ4v) is 2.86. The summed E-state index contributed by atoms with van der Waals surface area (Å²) in [6.07, 6.45) is 2.09. The lowest BCUT2D eigenvalue weighted by Crippen LogP contribution is -2.41. The van der Waals surface area contributed by atoms with Crippen LogP contribution in [0.2, 0.25) is 0 Å². The van der Waals surface area contributed by atoms with E-state index in [1.54, 1.807) is 7.11 Å². The van der Waals surface area contributed by atoms with Crippen LogP contribution in [-0.2, 0) is 23.1 Å². The van der Waals surface area contributed by atoms with Gasteiger partial charge in [0.05, 0.1) is 6.61 Å². The molecule has 1 aliphatic rings. The zero-order chi connectivity index (χ0) is 18.1. The third kappa shape index (κ3) is 5.97. The van der Waals surface area contributed by atoms with Gasteiger partial charge < -0.3 is 24.3 Å². The van der Waals surface area contributed by atoms with Crippen LogP contribution in [0.15, 0.2) is 4.99 Å². The van der Waals surface area contributed by atoms with Gasteiger partial charge in [0.1, 0.15) is 12.4 Å². The maximum absolute atomic E-state index is 5.58. The van der Waals surface area contributed by atoms with Crippen molar-refractivity contribution < 1.29 is 9.47 Å². The first kappa shape index (κ1) is 19.7. The molecule has 1 fully saturated rings. The lowest BCUT2D eigenvalue weighted by atomic mass is 10.1. The van der Waals surface area contributed by atoms with Gasteiger partial charge in [-0.1, -0.05) is 0 Å². The lowest BCUT2D eigenvalue weighted by molar-refractivity contribution is 0.114. The second-order valence-corrected chi connectivity index (χ2v) is 6.40. The second-order valence-electron chi connectivity index (χ2n) is 6.40. The van der Waals surface area contributed by atoms with Crippen LogP contribution in [0, 0.1) is 12.8 Å². The van der Waals surface area contributed by atoms with Gasteiger partial charge in [-0.2, -0.15) is 0 Å². The summed E-state index contributed by atoms with van der Waals surface area (Å²) in [7, 11) is 3.70. The van der Waals surface area contributed by atoms with Crippen LogP contribution in [0.4, 0.5) is 0 Å². The van der Waals surface area contributed by atoms with Crippen LogP contribution in [0.5, 0.6) is 0 Å². The van der Waals surface area contributed by atoms with Crippen LogP contribution in [0.1, 0.15) is 31.4 Å². The zero-order valence-electron chi connectivity index (χ0n) is 16.0. The van der Waals surface area contributed by atoms with E-state index in [1.807, 2.05) is 25.5 Å². The second kappa shape index (κ2) is 10.4. The molecule has 142 valence electrons. The van der Waals surface area contributed by atoms with Crippen LogP contribution < -0.4 is 5.32 Å². The minimum absolute atomic E-state index is 0.524. The normalized spacial score (nSPS) is 18.2. The number of hydrogen-bond acceptors (Lipinski definition) is 5. The molecule has 8 heteroatoms. The lowest BCUT2D eigenvalue weighted by Gasteiger charge is -2.22. The van der Waals surface area contributed by atoms with Gasteiger partial charge in [-0.15, -0.1) is 10.2 Å². The number of methoxy groups -OCH3 is 1. The van der Waals surface area contributed by atoms with E-state index in [0.29, 0.717) is 12.5 Å². The molecule has 1 saturated heterocycles. The average Bonchev–Trinajstić information content (AvgIpc) is 3.21. The topological polar surface area (TPSA) is 76.8 Å². The number of aromatic nitrogens is 3. The SMILES string of the molecule is CCOCC1CCN(C(=NCc2nnc(C)n2C)NCCCOC)C1. The van der Waals surface area contributed by atoms with E-state index in [4.69, 9.17) is 14.5 Å². The highest BCUT2D eigenvalue weighted by atomic mass is 16.5. The summed E-state index contributed by atoms with van der Waals surface area (Å²) in [6, 6.07) is 0. The van der Waals surface area contributed by atoms with E-state index < -0.39 is 0 Å². The smallest absolute Gasteiger partial charge is 0.194 e. The predicted molar refractivity (Wildman–Crippen MR) is 97.5 cm³/mol. The molecular formula is C17H32N6O2. The molecular weight excluding hydrogens is 320 g/mol. The fraction of sp³-hybridized carbons (Fsp3) is 0.824. The Bertz CT molecular complexity index is 545. The van der Waals surface area contributed by atoms with E-state index in [0.717, 1.165) is 69.9 Å². The van der Waals surface area contributed by atoms with Crippen molar-refractivity contribution in [2.45, 2.75) is 33.2 Å². The van der Waals surface area contributed by atoms with Crippen LogP contribution in [-0.4, -0.2) is 72.2 Å². The van der Waals surface area contributed by atoms with Gasteiger partial charge in [0, 0.05) is 52.9 Å². The molecule has 1 N–H and O–H groups in total. The van der Waals surface area contributed by atoms with Crippen LogP contribution in [0.25, 0.3) is 0 Å². The Morgan fingerprint density at radius 2 is 2.24 bits per heavy atom. The molecule has 2 heterocycles. The first-order valence-corrected chi connectivity index (χ1v) is 9.10. The molecule has 0 amide bonds. The highest BCUT2D eigenvalue weighted by Crippen LogP contribution is 2.17. The van der Waals surface area contributed by atoms with E-state index in [2.05, 4.69) is 20.4 Å². The van der Waals surface area contributed by atoms with E-state index in [9.17, 15) is 0 Å². The van der Waals surface area contributed by atoms with Gasteiger partial charge in [-0.3, -0.25) is 0 Å². The minimum atomic E-state index is 0.524. The Morgan fingerprint density at radius 1 is 1.40 bits per heavy atom. The standard InChI is InChI=1S/C17H32N6O2/c1-5-25-13-15-7-9-23(12-15)17(18-8-6-10-24-4)19-11-16-21-20-14(2)22(16)3/h15H,5-13H2,1-4H3,(H,18,19). The molecule has 0 spiro atoms. The molecule has 1 unspecified atom stereocenters. The van der Waals surface area contributed by atoms with Crippen molar-refractivity contribution in [1.29, 1.82) is 0 Å². The third-order valence-electron chi connectivity index (χ3n) is 4.50. The van der Waals surface area contributed by atoms with Gasteiger partial charge in [-0.05, 0) is 26.7 Å². The summed E-state index contributed by atoms with van der Waals surface area (Å²) in [4.78, 5) is 7.11. The summed E-state index contributed by atoms with van der Waals surface area (Å²) in [5, 5.41) is 11.8. The maximum Gasteiger partial charge on any atom is 0.194 e. The summed E-state index contributed by atoms with van der Waals surface area (Å²) in [5.41, 5.74) is 0. The third-order valence-corrected chi connectivity index (χ3v) is 4.50. The van der Waals surface area contributed by atoms with Crippen molar-refractivity contribution in [3.63, 3.8) is 0 Å². The maximum atomic E-state index is 5.58. The first-order chi connectivity index (χ1) is 12.2. The first-order valence-electron chi connectivity index (χ1n) is 9.10. The summed E-state index contributed by atoms with van der Waals surface area (Å²) in [6.45, 7) is 9.69. The van der Waals surface area contributed by atoms with Crippen molar-refractivity contribution in [1.82, 2.24) is 25.0 Å².